The van der Waals surface area contributed by atoms with Gasteiger partial charge >= 0.3 is 5.97 Å². The highest BCUT2D eigenvalue weighted by Gasteiger charge is 2.36. The molecule has 1 aliphatic rings. The molecular formula is C19H17NO5S. The lowest BCUT2D eigenvalue weighted by atomic mass is 10.0. The van der Waals surface area contributed by atoms with Gasteiger partial charge in [-0.25, -0.2) is 0 Å². The summed E-state index contributed by atoms with van der Waals surface area (Å²) in [6, 6.07) is 11.5. The van der Waals surface area contributed by atoms with Crippen LogP contribution in [0.5, 0.6) is 5.75 Å². The van der Waals surface area contributed by atoms with Gasteiger partial charge < -0.3 is 9.47 Å². The lowest BCUT2D eigenvalue weighted by molar-refractivity contribution is -0.143. The van der Waals surface area contributed by atoms with Crippen molar-refractivity contribution in [2.75, 3.05) is 20.3 Å². The first-order valence-electron chi connectivity index (χ1n) is 8.02. The van der Waals surface area contributed by atoms with Crippen LogP contribution in [0.3, 0.4) is 0 Å². The topological polar surface area (TPSA) is 72.9 Å². The third-order valence-electron chi connectivity index (χ3n) is 3.89. The van der Waals surface area contributed by atoms with E-state index < -0.39 is 23.7 Å². The third-order valence-corrected chi connectivity index (χ3v) is 4.80. The van der Waals surface area contributed by atoms with E-state index in [-0.39, 0.29) is 4.91 Å². The van der Waals surface area contributed by atoms with E-state index in [1.807, 2.05) is 43.3 Å². The molecule has 7 heteroatoms. The molecule has 3 rings (SSSR count). The second-order valence-corrected chi connectivity index (χ2v) is 6.47. The molecule has 0 aliphatic carbocycles. The number of hydrogen-bond acceptors (Lipinski definition) is 6. The van der Waals surface area contributed by atoms with E-state index in [4.69, 9.17) is 4.74 Å². The van der Waals surface area contributed by atoms with Crippen molar-refractivity contribution in [1.29, 1.82) is 0 Å². The number of thioether (sulfide) groups is 1. The Morgan fingerprint density at radius 1 is 1.19 bits per heavy atom. The van der Waals surface area contributed by atoms with Crippen molar-refractivity contribution in [3.8, 4) is 5.75 Å². The Labute approximate surface area is 154 Å². The van der Waals surface area contributed by atoms with Gasteiger partial charge in [-0.15, -0.1) is 0 Å². The fourth-order valence-corrected chi connectivity index (χ4v) is 3.49. The molecule has 0 saturated carbocycles. The molecule has 1 fully saturated rings. The molecule has 0 aromatic heterocycles. The summed E-state index contributed by atoms with van der Waals surface area (Å²) in [7, 11) is 1.21. The van der Waals surface area contributed by atoms with Crippen LogP contribution in [0.2, 0.25) is 0 Å². The quantitative estimate of drug-likeness (QED) is 0.592. The van der Waals surface area contributed by atoms with E-state index in [0.29, 0.717) is 12.4 Å². The van der Waals surface area contributed by atoms with Gasteiger partial charge in [0.25, 0.3) is 11.1 Å². The van der Waals surface area contributed by atoms with Gasteiger partial charge in [-0.1, -0.05) is 30.3 Å². The maximum Gasteiger partial charge on any atom is 0.325 e. The van der Waals surface area contributed by atoms with Crippen molar-refractivity contribution in [3.05, 3.63) is 46.9 Å². The molecule has 1 heterocycles. The number of nitrogens with zero attached hydrogens (tertiary/aromatic N) is 1. The Kier molecular flexibility index (Phi) is 5.27. The van der Waals surface area contributed by atoms with Crippen LogP contribution in [0.15, 0.2) is 41.3 Å². The van der Waals surface area contributed by atoms with Crippen LogP contribution < -0.4 is 4.74 Å². The minimum absolute atomic E-state index is 0.246. The molecule has 2 amide bonds. The second kappa shape index (κ2) is 7.61. The SMILES string of the molecule is CCOc1ccc2ccccc2c1C=C1SC(=O)N(CC(=O)OC)C1=O. The minimum atomic E-state index is -0.645. The molecule has 0 atom stereocenters. The highest BCUT2D eigenvalue weighted by molar-refractivity contribution is 8.18. The van der Waals surface area contributed by atoms with Crippen LogP contribution in [0.1, 0.15) is 12.5 Å². The number of esters is 1. The van der Waals surface area contributed by atoms with E-state index in [1.54, 1.807) is 6.08 Å². The van der Waals surface area contributed by atoms with Crippen molar-refractivity contribution in [2.24, 2.45) is 0 Å². The van der Waals surface area contributed by atoms with Crippen LogP contribution in [-0.2, 0) is 14.3 Å². The molecule has 0 N–H and O–H groups in total. The lowest BCUT2D eigenvalue weighted by Gasteiger charge is -2.12. The molecule has 2 aromatic rings. The maximum absolute atomic E-state index is 12.5. The highest BCUT2D eigenvalue weighted by Crippen LogP contribution is 2.36. The molecule has 26 heavy (non-hydrogen) atoms. The van der Waals surface area contributed by atoms with Crippen LogP contribution in [0, 0.1) is 0 Å². The third kappa shape index (κ3) is 3.43. The number of benzene rings is 2. The number of amides is 2. The number of carbonyl (C=O) groups excluding carboxylic acids is 3. The number of methoxy groups -OCH3 is 1. The molecule has 2 aromatic carbocycles. The molecule has 6 nitrogen and oxygen atoms in total. The van der Waals surface area contributed by atoms with E-state index in [2.05, 4.69) is 4.74 Å². The van der Waals surface area contributed by atoms with Crippen LogP contribution in [-0.4, -0.2) is 42.3 Å². The predicted molar refractivity (Wildman–Crippen MR) is 99.8 cm³/mol. The standard InChI is InChI=1S/C19H17NO5S/c1-3-25-15-9-8-12-6-4-5-7-13(12)14(15)10-16-18(22)20(19(23)26-16)11-17(21)24-2/h4-10H,3,11H2,1-2H3. The molecular weight excluding hydrogens is 354 g/mol. The van der Waals surface area contributed by atoms with E-state index in [1.165, 1.54) is 7.11 Å². The van der Waals surface area contributed by atoms with Crippen molar-refractivity contribution >= 4 is 45.7 Å². The summed E-state index contributed by atoms with van der Waals surface area (Å²) < 4.78 is 10.2. The maximum atomic E-state index is 12.5. The molecule has 1 aliphatic heterocycles. The van der Waals surface area contributed by atoms with Gasteiger partial charge in [-0.3, -0.25) is 19.3 Å². The Morgan fingerprint density at radius 3 is 2.69 bits per heavy atom. The zero-order chi connectivity index (χ0) is 18.7. The number of ether oxygens (including phenoxy) is 2. The summed E-state index contributed by atoms with van der Waals surface area (Å²) in [5.74, 6) is -0.527. The number of carbonyl (C=O) groups is 3. The molecule has 0 bridgehead atoms. The summed E-state index contributed by atoms with van der Waals surface area (Å²) in [4.78, 5) is 37.2. The predicted octanol–water partition coefficient (Wildman–Crippen LogP) is 3.45. The first-order valence-corrected chi connectivity index (χ1v) is 8.83. The van der Waals surface area contributed by atoms with Crippen LogP contribution in [0.25, 0.3) is 16.8 Å². The minimum Gasteiger partial charge on any atom is -0.493 e. The Bertz CT molecular complexity index is 921. The zero-order valence-electron chi connectivity index (χ0n) is 14.4. The molecule has 0 radical (unpaired) electrons. The summed E-state index contributed by atoms with van der Waals surface area (Å²) in [5.41, 5.74) is 0.730. The smallest absolute Gasteiger partial charge is 0.325 e. The fourth-order valence-electron chi connectivity index (χ4n) is 2.67. The molecule has 0 spiro atoms. The summed E-state index contributed by atoms with van der Waals surface area (Å²) in [6.45, 7) is 1.96. The van der Waals surface area contributed by atoms with Gasteiger partial charge in [0.05, 0.1) is 18.6 Å². The first-order chi connectivity index (χ1) is 12.5. The lowest BCUT2D eigenvalue weighted by Crippen LogP contribution is -2.34. The molecule has 134 valence electrons. The van der Waals surface area contributed by atoms with Crippen molar-refractivity contribution in [2.45, 2.75) is 6.92 Å². The van der Waals surface area contributed by atoms with Gasteiger partial charge in [-0.05, 0) is 41.6 Å². The Hall–Kier alpha value is -2.80. The van der Waals surface area contributed by atoms with Crippen LogP contribution >= 0.6 is 11.8 Å². The summed E-state index contributed by atoms with van der Waals surface area (Å²) >= 11 is 0.800. The van der Waals surface area contributed by atoms with Gasteiger partial charge in [0, 0.05) is 5.56 Å². The second-order valence-electron chi connectivity index (χ2n) is 5.48. The van der Waals surface area contributed by atoms with E-state index in [9.17, 15) is 14.4 Å². The van der Waals surface area contributed by atoms with Gasteiger partial charge in [0.2, 0.25) is 0 Å². The molecule has 1 saturated heterocycles. The van der Waals surface area contributed by atoms with Crippen molar-refractivity contribution < 1.29 is 23.9 Å². The van der Waals surface area contributed by atoms with Gasteiger partial charge in [-0.2, -0.15) is 0 Å². The molecule has 0 unspecified atom stereocenters. The summed E-state index contributed by atoms with van der Waals surface area (Å²) in [5, 5.41) is 1.42. The summed E-state index contributed by atoms with van der Waals surface area (Å²) in [6.07, 6.45) is 1.65. The highest BCUT2D eigenvalue weighted by atomic mass is 32.2. The average Bonchev–Trinajstić information content (AvgIpc) is 2.91. The Morgan fingerprint density at radius 2 is 1.96 bits per heavy atom. The normalized spacial score (nSPS) is 15.8. The Balaban J connectivity index is 2.04. The zero-order valence-corrected chi connectivity index (χ0v) is 15.2. The van der Waals surface area contributed by atoms with E-state index in [0.717, 1.165) is 33.0 Å². The largest absolute Gasteiger partial charge is 0.493 e. The number of imide groups is 1. The monoisotopic (exact) mass is 371 g/mol. The van der Waals surface area contributed by atoms with Crippen LogP contribution in [0.4, 0.5) is 4.79 Å². The van der Waals surface area contributed by atoms with Crippen molar-refractivity contribution in [3.63, 3.8) is 0 Å². The van der Waals surface area contributed by atoms with E-state index >= 15 is 0 Å². The number of hydrogen-bond donors (Lipinski definition) is 0. The number of fused-ring (bicyclic) bond motifs is 1. The average molecular weight is 371 g/mol. The fraction of sp³-hybridized carbons (Fsp3) is 0.211. The van der Waals surface area contributed by atoms with Crippen molar-refractivity contribution in [1.82, 2.24) is 4.90 Å². The number of rotatable bonds is 5. The van der Waals surface area contributed by atoms with Gasteiger partial charge in [0.15, 0.2) is 0 Å². The van der Waals surface area contributed by atoms with Gasteiger partial charge in [0.1, 0.15) is 12.3 Å². The first kappa shape index (κ1) is 18.0.